The summed E-state index contributed by atoms with van der Waals surface area (Å²) in [6, 6.07) is 8.41. The van der Waals surface area contributed by atoms with Crippen LogP contribution >= 0.6 is 0 Å². The lowest BCUT2D eigenvalue weighted by Gasteiger charge is -2.15. The molecular weight excluding hydrogens is 348 g/mol. The zero-order valence-electron chi connectivity index (χ0n) is 15.6. The van der Waals surface area contributed by atoms with E-state index in [1.165, 1.54) is 18.3 Å². The number of non-ortho nitro benzene ring substituents is 1. The largest absolute Gasteiger partial charge is 0.380 e. The molecule has 0 spiro atoms. The first-order valence-corrected chi connectivity index (χ1v) is 8.01. The summed E-state index contributed by atoms with van der Waals surface area (Å²) in [5.74, 6) is 0.303. The highest BCUT2D eigenvalue weighted by Gasteiger charge is 2.12. The number of ether oxygens (including phenoxy) is 1. The van der Waals surface area contributed by atoms with Crippen LogP contribution in [0.15, 0.2) is 29.4 Å². The van der Waals surface area contributed by atoms with Crippen LogP contribution in [0.5, 0.6) is 0 Å². The number of nitrogens with one attached hydrogen (secondary N) is 1. The van der Waals surface area contributed by atoms with Crippen molar-refractivity contribution in [1.82, 2.24) is 4.98 Å². The summed E-state index contributed by atoms with van der Waals surface area (Å²) in [5.41, 5.74) is 5.81. The van der Waals surface area contributed by atoms with Crippen LogP contribution in [-0.2, 0) is 11.3 Å². The van der Waals surface area contributed by atoms with Gasteiger partial charge in [0.25, 0.3) is 5.69 Å². The molecule has 0 saturated heterocycles. The Morgan fingerprint density at radius 2 is 2.19 bits per heavy atom. The van der Waals surface area contributed by atoms with Crippen molar-refractivity contribution in [3.05, 3.63) is 56.8 Å². The maximum absolute atomic E-state index is 11.0. The Hall–Kier alpha value is -3.51. The van der Waals surface area contributed by atoms with Crippen LogP contribution in [0.2, 0.25) is 0 Å². The molecule has 0 bridgehead atoms. The number of anilines is 2. The van der Waals surface area contributed by atoms with Crippen molar-refractivity contribution in [1.29, 1.82) is 5.26 Å². The lowest BCUT2D eigenvalue weighted by atomic mass is 10.1. The van der Waals surface area contributed by atoms with Crippen molar-refractivity contribution in [2.45, 2.75) is 13.5 Å². The number of aryl methyl sites for hydroxylation is 1. The first kappa shape index (κ1) is 19.8. The molecule has 2 rings (SSSR count). The third-order valence-electron chi connectivity index (χ3n) is 3.72. The number of hydrogen-bond acceptors (Lipinski definition) is 8. The Kier molecular flexibility index (Phi) is 6.41. The zero-order chi connectivity index (χ0) is 20.0. The van der Waals surface area contributed by atoms with E-state index in [0.29, 0.717) is 28.2 Å². The Morgan fingerprint density at radius 3 is 2.78 bits per heavy atom. The number of nitro benzene ring substituents is 1. The van der Waals surface area contributed by atoms with Gasteiger partial charge in [0.2, 0.25) is 0 Å². The van der Waals surface area contributed by atoms with Gasteiger partial charge >= 0.3 is 0 Å². The third kappa shape index (κ3) is 4.77. The first-order chi connectivity index (χ1) is 12.9. The Balaban J connectivity index is 2.37. The van der Waals surface area contributed by atoms with Gasteiger partial charge in [0.1, 0.15) is 11.6 Å². The van der Waals surface area contributed by atoms with E-state index in [1.807, 2.05) is 19.0 Å². The van der Waals surface area contributed by atoms with E-state index in [-0.39, 0.29) is 12.3 Å². The molecular formula is C18H20N6O3. The number of hydrogen-bond donors (Lipinski definition) is 1. The van der Waals surface area contributed by atoms with E-state index in [1.54, 1.807) is 26.2 Å². The molecule has 0 aliphatic carbocycles. The van der Waals surface area contributed by atoms with E-state index in [9.17, 15) is 15.4 Å². The molecule has 0 fully saturated rings. The maximum Gasteiger partial charge on any atom is 0.270 e. The second-order valence-corrected chi connectivity index (χ2v) is 5.96. The number of pyridine rings is 1. The van der Waals surface area contributed by atoms with E-state index in [0.717, 1.165) is 5.69 Å². The molecule has 0 radical (unpaired) electrons. The molecule has 1 aromatic carbocycles. The van der Waals surface area contributed by atoms with Crippen molar-refractivity contribution in [3.63, 3.8) is 0 Å². The molecule has 2 aromatic rings. The topological polar surface area (TPSA) is 117 Å². The average molecular weight is 368 g/mol. The van der Waals surface area contributed by atoms with Crippen molar-refractivity contribution in [2.75, 3.05) is 31.5 Å². The highest BCUT2D eigenvalue weighted by atomic mass is 16.6. The van der Waals surface area contributed by atoms with Crippen LogP contribution in [0.25, 0.3) is 0 Å². The summed E-state index contributed by atoms with van der Waals surface area (Å²) in [6.45, 7) is 2.08. The van der Waals surface area contributed by atoms with Gasteiger partial charge in [0.05, 0.1) is 17.7 Å². The molecule has 0 saturated carbocycles. The fourth-order valence-corrected chi connectivity index (χ4v) is 2.55. The number of methoxy groups -OCH3 is 1. The zero-order valence-corrected chi connectivity index (χ0v) is 15.6. The third-order valence-corrected chi connectivity index (χ3v) is 3.72. The molecule has 0 aliphatic rings. The van der Waals surface area contributed by atoms with Crippen LogP contribution in [0.3, 0.4) is 0 Å². The monoisotopic (exact) mass is 368 g/mol. The summed E-state index contributed by atoms with van der Waals surface area (Å²) >= 11 is 0. The van der Waals surface area contributed by atoms with Crippen LogP contribution in [0, 0.1) is 28.4 Å². The van der Waals surface area contributed by atoms with Crippen molar-refractivity contribution in [2.24, 2.45) is 5.10 Å². The van der Waals surface area contributed by atoms with Gasteiger partial charge < -0.3 is 9.64 Å². The van der Waals surface area contributed by atoms with Gasteiger partial charge in [-0.25, -0.2) is 4.98 Å². The summed E-state index contributed by atoms with van der Waals surface area (Å²) in [7, 11) is 5.21. The molecule has 1 N–H and O–H groups in total. The van der Waals surface area contributed by atoms with Gasteiger partial charge in [-0.3, -0.25) is 15.5 Å². The average Bonchev–Trinajstić information content (AvgIpc) is 2.61. The van der Waals surface area contributed by atoms with Gasteiger partial charge in [-0.15, -0.1) is 0 Å². The Morgan fingerprint density at radius 1 is 1.44 bits per heavy atom. The van der Waals surface area contributed by atoms with Gasteiger partial charge in [0.15, 0.2) is 5.82 Å². The number of nitriles is 1. The minimum Gasteiger partial charge on any atom is -0.380 e. The van der Waals surface area contributed by atoms with Gasteiger partial charge in [0, 0.05) is 55.8 Å². The number of benzene rings is 1. The normalized spacial score (nSPS) is 10.6. The molecule has 1 heterocycles. The summed E-state index contributed by atoms with van der Waals surface area (Å²) in [4.78, 5) is 16.7. The van der Waals surface area contributed by atoms with E-state index >= 15 is 0 Å². The fraction of sp³-hybridized carbons (Fsp3) is 0.278. The smallest absolute Gasteiger partial charge is 0.270 e. The number of nitrogens with zero attached hydrogens (tertiary/aromatic N) is 5. The van der Waals surface area contributed by atoms with Gasteiger partial charge in [-0.05, 0) is 19.1 Å². The predicted molar refractivity (Wildman–Crippen MR) is 103 cm³/mol. The van der Waals surface area contributed by atoms with Gasteiger partial charge in [-0.1, -0.05) is 0 Å². The molecule has 0 amide bonds. The molecule has 0 unspecified atom stereocenters. The molecule has 27 heavy (non-hydrogen) atoms. The molecule has 140 valence electrons. The lowest BCUT2D eigenvalue weighted by molar-refractivity contribution is -0.384. The number of hydrazone groups is 1. The van der Waals surface area contributed by atoms with Crippen molar-refractivity contribution >= 4 is 23.4 Å². The van der Waals surface area contributed by atoms with Crippen LogP contribution < -0.4 is 10.3 Å². The predicted octanol–water partition coefficient (Wildman–Crippen LogP) is 2.83. The molecule has 0 atom stereocenters. The van der Waals surface area contributed by atoms with Crippen LogP contribution in [0.4, 0.5) is 17.2 Å². The second-order valence-electron chi connectivity index (χ2n) is 5.96. The summed E-state index contributed by atoms with van der Waals surface area (Å²) < 4.78 is 5.12. The van der Waals surface area contributed by atoms with Crippen molar-refractivity contribution in [3.8, 4) is 6.07 Å². The van der Waals surface area contributed by atoms with Crippen LogP contribution in [-0.4, -0.2) is 37.3 Å². The Bertz CT molecular complexity index is 918. The van der Waals surface area contributed by atoms with Crippen LogP contribution in [0.1, 0.15) is 22.4 Å². The SMILES string of the molecule is COCc1cc(C)nc(N/N=C/c2cc([N+](=O)[O-])ccc2N(C)C)c1C#N. The first-order valence-electron chi connectivity index (χ1n) is 8.01. The minimum atomic E-state index is -0.461. The fourth-order valence-electron chi connectivity index (χ4n) is 2.55. The summed E-state index contributed by atoms with van der Waals surface area (Å²) in [5, 5.41) is 24.6. The number of nitro groups is 1. The molecule has 0 aliphatic heterocycles. The van der Waals surface area contributed by atoms with E-state index in [2.05, 4.69) is 21.6 Å². The van der Waals surface area contributed by atoms with Crippen molar-refractivity contribution < 1.29 is 9.66 Å². The highest BCUT2D eigenvalue weighted by Crippen LogP contribution is 2.23. The highest BCUT2D eigenvalue weighted by molar-refractivity contribution is 5.89. The molecule has 1 aromatic heterocycles. The van der Waals surface area contributed by atoms with Gasteiger partial charge in [-0.2, -0.15) is 10.4 Å². The quantitative estimate of drug-likeness (QED) is 0.454. The molecule has 9 nitrogen and oxygen atoms in total. The molecule has 9 heteroatoms. The summed E-state index contributed by atoms with van der Waals surface area (Å²) in [6.07, 6.45) is 1.46. The number of aromatic nitrogens is 1. The second kappa shape index (κ2) is 8.73. The van der Waals surface area contributed by atoms with E-state index < -0.39 is 4.92 Å². The van der Waals surface area contributed by atoms with E-state index in [4.69, 9.17) is 4.74 Å². The minimum absolute atomic E-state index is 0.0316. The Labute approximate surface area is 157 Å². The maximum atomic E-state index is 11.0. The lowest BCUT2D eigenvalue weighted by Crippen LogP contribution is -2.11. The number of rotatable bonds is 7. The standard InChI is InChI=1S/C18H20N6O3/c1-12-7-14(11-27-4)16(9-19)18(21-12)22-20-10-13-8-15(24(25)26)5-6-17(13)23(2)3/h5-8,10H,11H2,1-4H3,(H,21,22)/b20-10+.